The number of aryl methyl sites for hydroxylation is 1. The number of para-hydroxylation sites is 1. The third kappa shape index (κ3) is 4.40. The van der Waals surface area contributed by atoms with Crippen LogP contribution in [0.4, 0.5) is 0 Å². The number of fused-ring (bicyclic) bond motifs is 1. The van der Waals surface area contributed by atoms with Gasteiger partial charge in [0.1, 0.15) is 18.5 Å². The molecule has 3 N–H and O–H groups in total. The van der Waals surface area contributed by atoms with Gasteiger partial charge in [-0.15, -0.1) is 0 Å². The number of rotatable bonds is 6. The maximum atomic E-state index is 11.9. The highest BCUT2D eigenvalue weighted by atomic mass is 16.6. The van der Waals surface area contributed by atoms with Crippen LogP contribution in [0.1, 0.15) is 23.2 Å². The van der Waals surface area contributed by atoms with Gasteiger partial charge in [-0.3, -0.25) is 15.0 Å². The summed E-state index contributed by atoms with van der Waals surface area (Å²) in [5.41, 5.74) is 6.60. The molecule has 3 aromatic rings. The van der Waals surface area contributed by atoms with E-state index in [1.807, 2.05) is 49.4 Å². The largest absolute Gasteiger partial charge is 0.489 e. The zero-order valence-corrected chi connectivity index (χ0v) is 18.3. The minimum absolute atomic E-state index is 0.0420. The molecule has 3 atom stereocenters. The maximum absolute atomic E-state index is 11.9. The second-order valence-electron chi connectivity index (χ2n) is 8.54. The fourth-order valence-electron chi connectivity index (χ4n) is 4.68. The minimum Gasteiger partial charge on any atom is -0.489 e. The van der Waals surface area contributed by atoms with Crippen molar-refractivity contribution < 1.29 is 19.6 Å². The highest BCUT2D eigenvalue weighted by Gasteiger charge is 2.41. The van der Waals surface area contributed by atoms with Crippen molar-refractivity contribution >= 4 is 22.5 Å². The molecule has 1 aromatic heterocycles. The summed E-state index contributed by atoms with van der Waals surface area (Å²) in [5, 5.41) is 17.5. The van der Waals surface area contributed by atoms with Gasteiger partial charge < -0.3 is 14.9 Å². The molecular formula is C25H26N4O4. The zero-order chi connectivity index (χ0) is 22.8. The van der Waals surface area contributed by atoms with Crippen molar-refractivity contribution in [3.8, 4) is 5.75 Å². The average molecular weight is 447 g/mol. The molecule has 1 amide bonds. The number of amides is 1. The van der Waals surface area contributed by atoms with Crippen LogP contribution < -0.4 is 15.5 Å². The Bertz CT molecular complexity index is 1190. The molecule has 5 rings (SSSR count). The van der Waals surface area contributed by atoms with Crippen LogP contribution >= 0.6 is 0 Å². The SMILES string of the molecule is Cc1cc(COc2ccc(C3=NOC([C@@H]4CNC[C@@H]4C(=O)NO)C3)cc2)c2ccccc2n1. The van der Waals surface area contributed by atoms with E-state index in [-0.39, 0.29) is 23.8 Å². The molecule has 0 aliphatic carbocycles. The Kier molecular flexibility index (Phi) is 5.93. The van der Waals surface area contributed by atoms with Crippen molar-refractivity contribution in [1.29, 1.82) is 0 Å². The van der Waals surface area contributed by atoms with Crippen LogP contribution in [0.3, 0.4) is 0 Å². The van der Waals surface area contributed by atoms with E-state index >= 15 is 0 Å². The first-order chi connectivity index (χ1) is 16.1. The third-order valence-electron chi connectivity index (χ3n) is 6.39. The van der Waals surface area contributed by atoms with Crippen LogP contribution in [0.5, 0.6) is 5.75 Å². The van der Waals surface area contributed by atoms with Crippen molar-refractivity contribution in [3.63, 3.8) is 0 Å². The van der Waals surface area contributed by atoms with Crippen LogP contribution in [-0.4, -0.2) is 41.0 Å². The van der Waals surface area contributed by atoms with Gasteiger partial charge in [-0.1, -0.05) is 23.4 Å². The first-order valence-corrected chi connectivity index (χ1v) is 11.1. The Morgan fingerprint density at radius 1 is 1.21 bits per heavy atom. The van der Waals surface area contributed by atoms with Crippen LogP contribution in [0.15, 0.2) is 59.8 Å². The van der Waals surface area contributed by atoms with Gasteiger partial charge in [0, 0.05) is 42.1 Å². The fraction of sp³-hybridized carbons (Fsp3) is 0.320. The predicted octanol–water partition coefficient (Wildman–Crippen LogP) is 2.96. The molecule has 170 valence electrons. The van der Waals surface area contributed by atoms with Crippen molar-refractivity contribution in [2.75, 3.05) is 13.1 Å². The molecule has 2 aromatic carbocycles. The van der Waals surface area contributed by atoms with Gasteiger partial charge in [-0.2, -0.15) is 0 Å². The van der Waals surface area contributed by atoms with E-state index in [1.54, 1.807) is 5.48 Å². The van der Waals surface area contributed by atoms with E-state index in [0.717, 1.165) is 39.2 Å². The zero-order valence-electron chi connectivity index (χ0n) is 18.3. The molecular weight excluding hydrogens is 420 g/mol. The van der Waals surface area contributed by atoms with Gasteiger partial charge in [-0.05, 0) is 48.9 Å². The van der Waals surface area contributed by atoms with E-state index in [2.05, 4.69) is 27.6 Å². The van der Waals surface area contributed by atoms with Crippen LogP contribution in [-0.2, 0) is 16.2 Å². The number of ether oxygens (including phenoxy) is 1. The first kappa shape index (κ1) is 21.4. The summed E-state index contributed by atoms with van der Waals surface area (Å²) in [6, 6.07) is 17.9. The first-order valence-electron chi connectivity index (χ1n) is 11.1. The van der Waals surface area contributed by atoms with E-state index in [9.17, 15) is 4.79 Å². The van der Waals surface area contributed by atoms with Gasteiger partial charge in [0.25, 0.3) is 0 Å². The molecule has 8 nitrogen and oxygen atoms in total. The van der Waals surface area contributed by atoms with Crippen molar-refractivity contribution in [3.05, 3.63) is 71.4 Å². The number of oxime groups is 1. The monoisotopic (exact) mass is 446 g/mol. The number of carbonyl (C=O) groups is 1. The van der Waals surface area contributed by atoms with Gasteiger partial charge in [0.2, 0.25) is 5.91 Å². The fourth-order valence-corrected chi connectivity index (χ4v) is 4.68. The lowest BCUT2D eigenvalue weighted by molar-refractivity contribution is -0.135. The maximum Gasteiger partial charge on any atom is 0.248 e. The summed E-state index contributed by atoms with van der Waals surface area (Å²) in [6.07, 6.45) is 0.417. The summed E-state index contributed by atoms with van der Waals surface area (Å²) < 4.78 is 6.05. The summed E-state index contributed by atoms with van der Waals surface area (Å²) in [5.74, 6) is 0.00614. The lowest BCUT2D eigenvalue weighted by Gasteiger charge is -2.21. The molecule has 1 unspecified atom stereocenters. The Hall–Kier alpha value is -3.49. The summed E-state index contributed by atoms with van der Waals surface area (Å²) in [7, 11) is 0. The minimum atomic E-state index is -0.388. The Labute approximate surface area is 191 Å². The van der Waals surface area contributed by atoms with E-state index in [0.29, 0.717) is 26.1 Å². The van der Waals surface area contributed by atoms with Gasteiger partial charge in [0.15, 0.2) is 0 Å². The number of nitrogens with one attached hydrogen (secondary N) is 2. The molecule has 0 radical (unpaired) electrons. The highest BCUT2D eigenvalue weighted by Crippen LogP contribution is 2.30. The number of carbonyl (C=O) groups excluding carboxylic acids is 1. The van der Waals surface area contributed by atoms with Crippen molar-refractivity contribution in [1.82, 2.24) is 15.8 Å². The molecule has 0 saturated carbocycles. The van der Waals surface area contributed by atoms with Crippen LogP contribution in [0, 0.1) is 18.8 Å². The lowest BCUT2D eigenvalue weighted by Crippen LogP contribution is -2.37. The van der Waals surface area contributed by atoms with Crippen LogP contribution in [0.25, 0.3) is 10.9 Å². The molecule has 1 fully saturated rings. The summed E-state index contributed by atoms with van der Waals surface area (Å²) >= 11 is 0. The van der Waals surface area contributed by atoms with E-state index in [1.165, 1.54) is 0 Å². The second-order valence-corrected chi connectivity index (χ2v) is 8.54. The van der Waals surface area contributed by atoms with Gasteiger partial charge in [0.05, 0.1) is 17.1 Å². The number of hydrogen-bond acceptors (Lipinski definition) is 7. The number of nitrogens with zero attached hydrogens (tertiary/aromatic N) is 2. The molecule has 8 heteroatoms. The summed E-state index contributed by atoms with van der Waals surface area (Å²) in [4.78, 5) is 22.2. The van der Waals surface area contributed by atoms with E-state index < -0.39 is 0 Å². The normalized spacial score (nSPS) is 22.1. The molecule has 0 spiro atoms. The number of benzene rings is 2. The van der Waals surface area contributed by atoms with Gasteiger partial charge in [-0.25, -0.2) is 5.48 Å². The standard InChI is InChI=1S/C25H26N4O4/c1-15-10-17(19-4-2-3-5-22(19)27-15)14-32-18-8-6-16(7-9-18)23-11-24(33-29-23)20-12-26-13-21(20)25(30)28-31/h2-10,20-21,24,26,31H,11-14H2,1H3,(H,28,30)/t20-,21+,24?/m1/s1. The molecule has 2 aliphatic heterocycles. The Morgan fingerprint density at radius 3 is 2.85 bits per heavy atom. The third-order valence-corrected chi connectivity index (χ3v) is 6.39. The molecule has 3 heterocycles. The molecule has 33 heavy (non-hydrogen) atoms. The van der Waals surface area contributed by atoms with E-state index in [4.69, 9.17) is 14.8 Å². The smallest absolute Gasteiger partial charge is 0.248 e. The topological polar surface area (TPSA) is 105 Å². The highest BCUT2D eigenvalue weighted by molar-refractivity contribution is 6.01. The second kappa shape index (κ2) is 9.17. The van der Waals surface area contributed by atoms with Crippen molar-refractivity contribution in [2.45, 2.75) is 26.1 Å². The Balaban J connectivity index is 1.22. The molecule has 1 saturated heterocycles. The number of hydroxylamine groups is 1. The molecule has 0 bridgehead atoms. The number of aromatic nitrogens is 1. The number of pyridine rings is 1. The van der Waals surface area contributed by atoms with Crippen LogP contribution in [0.2, 0.25) is 0 Å². The number of hydrogen-bond donors (Lipinski definition) is 3. The quantitative estimate of drug-likeness (QED) is 0.397. The molecule has 2 aliphatic rings. The summed E-state index contributed by atoms with van der Waals surface area (Å²) in [6.45, 7) is 3.62. The van der Waals surface area contributed by atoms with Crippen molar-refractivity contribution in [2.24, 2.45) is 17.0 Å². The average Bonchev–Trinajstić information content (AvgIpc) is 3.52. The lowest BCUT2D eigenvalue weighted by atomic mass is 9.87. The predicted molar refractivity (Wildman–Crippen MR) is 123 cm³/mol. The Morgan fingerprint density at radius 2 is 2.03 bits per heavy atom. The van der Waals surface area contributed by atoms with Gasteiger partial charge >= 0.3 is 0 Å².